The summed E-state index contributed by atoms with van der Waals surface area (Å²) in [6, 6.07) is 0. The summed E-state index contributed by atoms with van der Waals surface area (Å²) in [5.41, 5.74) is 0. The van der Waals surface area contributed by atoms with Crippen molar-refractivity contribution < 1.29 is 9.53 Å². The van der Waals surface area contributed by atoms with Gasteiger partial charge in [0.2, 0.25) is 4.84 Å². The van der Waals surface area contributed by atoms with E-state index in [1.165, 1.54) is 51.4 Å². The number of rotatable bonds is 13. The van der Waals surface area contributed by atoms with E-state index >= 15 is 0 Å². The normalized spacial score (nSPS) is 12.7. The zero-order valence-electron chi connectivity index (χ0n) is 13.0. The minimum Gasteiger partial charge on any atom is -0.460 e. The molecular weight excluding hydrogens is 295 g/mol. The number of unbranched alkanes of at least 4 members (excludes halogenated alkanes) is 8. The molecule has 0 radical (unpaired) electrons. The standard InChI is InChI=1S/C16H30Cl2O2/c1-3-5-6-7-8-9-10-11-12-13-14(4-2)20-16(19)15(17)18/h14-15H,3-13H2,1-2H3. The van der Waals surface area contributed by atoms with Crippen LogP contribution >= 0.6 is 23.2 Å². The second kappa shape index (κ2) is 14.0. The molecule has 120 valence electrons. The van der Waals surface area contributed by atoms with Gasteiger partial charge in [0.1, 0.15) is 6.10 Å². The van der Waals surface area contributed by atoms with Crippen molar-refractivity contribution in [1.29, 1.82) is 0 Å². The molecule has 0 aliphatic heterocycles. The molecule has 0 fully saturated rings. The van der Waals surface area contributed by atoms with Crippen molar-refractivity contribution in [3.63, 3.8) is 0 Å². The number of esters is 1. The van der Waals surface area contributed by atoms with E-state index in [9.17, 15) is 4.79 Å². The van der Waals surface area contributed by atoms with Crippen LogP contribution in [0.15, 0.2) is 0 Å². The highest BCUT2D eigenvalue weighted by Crippen LogP contribution is 2.15. The van der Waals surface area contributed by atoms with Gasteiger partial charge < -0.3 is 4.74 Å². The lowest BCUT2D eigenvalue weighted by molar-refractivity contribution is -0.147. The Kier molecular flexibility index (Phi) is 14.0. The Morgan fingerprint density at radius 3 is 1.85 bits per heavy atom. The van der Waals surface area contributed by atoms with Crippen molar-refractivity contribution in [1.82, 2.24) is 0 Å². The third-order valence-corrected chi connectivity index (χ3v) is 3.90. The maximum atomic E-state index is 11.3. The maximum Gasteiger partial charge on any atom is 0.339 e. The molecule has 0 aliphatic rings. The van der Waals surface area contributed by atoms with Gasteiger partial charge in [-0.15, -0.1) is 0 Å². The minimum atomic E-state index is -1.06. The van der Waals surface area contributed by atoms with E-state index in [-0.39, 0.29) is 6.10 Å². The lowest BCUT2D eigenvalue weighted by Crippen LogP contribution is -2.21. The fraction of sp³-hybridized carbons (Fsp3) is 0.938. The number of halogens is 2. The van der Waals surface area contributed by atoms with E-state index < -0.39 is 10.8 Å². The van der Waals surface area contributed by atoms with Crippen LogP contribution < -0.4 is 0 Å². The first-order valence-electron chi connectivity index (χ1n) is 8.10. The van der Waals surface area contributed by atoms with Crippen molar-refractivity contribution in [2.45, 2.75) is 95.4 Å². The van der Waals surface area contributed by atoms with E-state index in [0.717, 1.165) is 19.3 Å². The molecule has 0 saturated heterocycles. The maximum absolute atomic E-state index is 11.3. The third kappa shape index (κ3) is 11.8. The minimum absolute atomic E-state index is 0.0351. The van der Waals surface area contributed by atoms with Crippen LogP contribution in [0.3, 0.4) is 0 Å². The topological polar surface area (TPSA) is 26.3 Å². The molecule has 0 aliphatic carbocycles. The molecule has 4 heteroatoms. The molecule has 1 unspecified atom stereocenters. The molecule has 0 N–H and O–H groups in total. The molecule has 0 aromatic heterocycles. The van der Waals surface area contributed by atoms with Crippen LogP contribution in [0.4, 0.5) is 0 Å². The van der Waals surface area contributed by atoms with Gasteiger partial charge in [0.05, 0.1) is 0 Å². The zero-order valence-corrected chi connectivity index (χ0v) is 14.5. The monoisotopic (exact) mass is 324 g/mol. The first-order valence-corrected chi connectivity index (χ1v) is 8.97. The van der Waals surface area contributed by atoms with Gasteiger partial charge in [0.25, 0.3) is 0 Å². The Hall–Kier alpha value is 0.0500. The number of ether oxygens (including phenoxy) is 1. The third-order valence-electron chi connectivity index (χ3n) is 3.55. The summed E-state index contributed by atoms with van der Waals surface area (Å²) >= 11 is 10.9. The van der Waals surface area contributed by atoms with Crippen molar-refractivity contribution in [3.05, 3.63) is 0 Å². The van der Waals surface area contributed by atoms with Gasteiger partial charge in [0, 0.05) is 0 Å². The number of alkyl halides is 2. The Morgan fingerprint density at radius 1 is 0.900 bits per heavy atom. The lowest BCUT2D eigenvalue weighted by Gasteiger charge is -2.16. The molecule has 0 saturated carbocycles. The van der Waals surface area contributed by atoms with E-state index in [1.54, 1.807) is 0 Å². The van der Waals surface area contributed by atoms with E-state index in [4.69, 9.17) is 27.9 Å². The van der Waals surface area contributed by atoms with Crippen LogP contribution in [0.25, 0.3) is 0 Å². The molecule has 1 atom stereocenters. The molecule has 0 aromatic rings. The summed E-state index contributed by atoms with van der Waals surface area (Å²) < 4.78 is 5.23. The van der Waals surface area contributed by atoms with Gasteiger partial charge in [-0.1, -0.05) is 88.4 Å². The molecular formula is C16H30Cl2O2. The van der Waals surface area contributed by atoms with Crippen LogP contribution in [0, 0.1) is 0 Å². The Labute approximate surface area is 134 Å². The van der Waals surface area contributed by atoms with Crippen LogP contribution in [0.1, 0.15) is 84.5 Å². The molecule has 20 heavy (non-hydrogen) atoms. The van der Waals surface area contributed by atoms with Gasteiger partial charge in [-0.05, 0) is 19.3 Å². The number of carbonyl (C=O) groups is 1. The van der Waals surface area contributed by atoms with Crippen molar-refractivity contribution in [2.75, 3.05) is 0 Å². The molecule has 0 heterocycles. The highest BCUT2D eigenvalue weighted by Gasteiger charge is 2.17. The number of hydrogen-bond acceptors (Lipinski definition) is 2. The average Bonchev–Trinajstić information content (AvgIpc) is 2.43. The fourth-order valence-corrected chi connectivity index (χ4v) is 2.35. The highest BCUT2D eigenvalue weighted by atomic mass is 35.5. The van der Waals surface area contributed by atoms with Gasteiger partial charge >= 0.3 is 5.97 Å². The summed E-state index contributed by atoms with van der Waals surface area (Å²) in [5, 5.41) is 0. The van der Waals surface area contributed by atoms with E-state index in [1.807, 2.05) is 6.92 Å². The van der Waals surface area contributed by atoms with E-state index in [0.29, 0.717) is 0 Å². The Morgan fingerprint density at radius 2 is 1.40 bits per heavy atom. The predicted octanol–water partition coefficient (Wildman–Crippen LogP) is 6.03. The number of carbonyl (C=O) groups excluding carboxylic acids is 1. The van der Waals surface area contributed by atoms with Gasteiger partial charge in [0.15, 0.2) is 0 Å². The summed E-state index contributed by atoms with van der Waals surface area (Å²) in [5.74, 6) is -0.517. The van der Waals surface area contributed by atoms with Crippen LogP contribution in [-0.2, 0) is 9.53 Å². The van der Waals surface area contributed by atoms with Crippen molar-refractivity contribution >= 4 is 29.2 Å². The first kappa shape index (κ1) is 20.1. The second-order valence-corrected chi connectivity index (χ2v) is 6.48. The van der Waals surface area contributed by atoms with E-state index in [2.05, 4.69) is 6.92 Å². The first-order chi connectivity index (χ1) is 9.61. The molecule has 0 amide bonds. The SMILES string of the molecule is CCCCCCCCCCCC(CC)OC(=O)C(Cl)Cl. The zero-order chi connectivity index (χ0) is 15.2. The largest absolute Gasteiger partial charge is 0.460 e. The summed E-state index contributed by atoms with van der Waals surface area (Å²) in [6.07, 6.45) is 13.4. The predicted molar refractivity (Wildman–Crippen MR) is 87.5 cm³/mol. The fourth-order valence-electron chi connectivity index (χ4n) is 2.24. The summed E-state index contributed by atoms with van der Waals surface area (Å²) in [7, 11) is 0. The van der Waals surface area contributed by atoms with Crippen LogP contribution in [0.2, 0.25) is 0 Å². The van der Waals surface area contributed by atoms with Crippen LogP contribution in [-0.4, -0.2) is 16.9 Å². The second-order valence-electron chi connectivity index (χ2n) is 5.38. The number of hydrogen-bond donors (Lipinski definition) is 0. The summed E-state index contributed by atoms with van der Waals surface area (Å²) in [4.78, 5) is 10.2. The van der Waals surface area contributed by atoms with Gasteiger partial charge in [-0.2, -0.15) is 0 Å². The molecule has 0 bridgehead atoms. The smallest absolute Gasteiger partial charge is 0.339 e. The highest BCUT2D eigenvalue weighted by molar-refractivity contribution is 6.52. The molecule has 0 spiro atoms. The van der Waals surface area contributed by atoms with Crippen LogP contribution in [0.5, 0.6) is 0 Å². The molecule has 0 aromatic carbocycles. The lowest BCUT2D eigenvalue weighted by atomic mass is 10.0. The van der Waals surface area contributed by atoms with Crippen molar-refractivity contribution in [3.8, 4) is 0 Å². The van der Waals surface area contributed by atoms with Crippen molar-refractivity contribution in [2.24, 2.45) is 0 Å². The average molecular weight is 325 g/mol. The Balaban J connectivity index is 3.45. The molecule has 0 rings (SSSR count). The summed E-state index contributed by atoms with van der Waals surface area (Å²) in [6.45, 7) is 4.26. The quantitative estimate of drug-likeness (QED) is 0.235. The van der Waals surface area contributed by atoms with Gasteiger partial charge in [-0.3, -0.25) is 0 Å². The molecule has 2 nitrogen and oxygen atoms in total. The Bertz CT molecular complexity index is 233. The van der Waals surface area contributed by atoms with Gasteiger partial charge in [-0.25, -0.2) is 4.79 Å².